The summed E-state index contributed by atoms with van der Waals surface area (Å²) in [6.07, 6.45) is 5.12. The van der Waals surface area contributed by atoms with Crippen LogP contribution in [0.3, 0.4) is 0 Å². The van der Waals surface area contributed by atoms with Crippen molar-refractivity contribution in [2.24, 2.45) is 0 Å². The number of nitrogens with zero attached hydrogens (tertiary/aromatic N) is 2. The predicted octanol–water partition coefficient (Wildman–Crippen LogP) is 1.75. The van der Waals surface area contributed by atoms with Crippen LogP contribution in [0, 0.1) is 0 Å². The number of aromatic nitrogens is 2. The molecule has 0 unspecified atom stereocenters. The minimum atomic E-state index is -0.305. The molecule has 18 heavy (non-hydrogen) atoms. The lowest BCUT2D eigenvalue weighted by Gasteiger charge is -2.04. The molecular weight excluding hydrogens is 232 g/mol. The van der Waals surface area contributed by atoms with Crippen LogP contribution in [-0.4, -0.2) is 27.9 Å². The van der Waals surface area contributed by atoms with Crippen LogP contribution >= 0.6 is 0 Å². The second-order valence-corrected chi connectivity index (χ2v) is 3.97. The molecule has 0 aliphatic heterocycles. The SMILES string of the molecule is CCOC(=O)CCC(=O)CCc1nccn1CC. The number of hydrogen-bond donors (Lipinski definition) is 0. The Kier molecular flexibility index (Phi) is 6.11. The maximum atomic E-state index is 11.6. The summed E-state index contributed by atoms with van der Waals surface area (Å²) in [6, 6.07) is 0. The summed E-state index contributed by atoms with van der Waals surface area (Å²) in [6.45, 7) is 5.01. The van der Waals surface area contributed by atoms with Gasteiger partial charge in [-0.1, -0.05) is 0 Å². The Morgan fingerprint density at radius 2 is 2.06 bits per heavy atom. The van der Waals surface area contributed by atoms with Crippen molar-refractivity contribution in [3.05, 3.63) is 18.2 Å². The highest BCUT2D eigenvalue weighted by atomic mass is 16.5. The van der Waals surface area contributed by atoms with Crippen LogP contribution in [0.15, 0.2) is 12.4 Å². The molecule has 0 aliphatic carbocycles. The molecule has 0 N–H and O–H groups in total. The molecule has 1 aromatic rings. The Morgan fingerprint density at radius 1 is 1.28 bits per heavy atom. The van der Waals surface area contributed by atoms with Gasteiger partial charge in [0.2, 0.25) is 0 Å². The fourth-order valence-corrected chi connectivity index (χ4v) is 1.71. The zero-order chi connectivity index (χ0) is 13.4. The third-order valence-electron chi connectivity index (χ3n) is 2.68. The van der Waals surface area contributed by atoms with Gasteiger partial charge in [-0.05, 0) is 13.8 Å². The van der Waals surface area contributed by atoms with Crippen LogP contribution in [0.4, 0.5) is 0 Å². The molecule has 0 radical (unpaired) electrons. The van der Waals surface area contributed by atoms with E-state index in [1.54, 1.807) is 13.1 Å². The van der Waals surface area contributed by atoms with E-state index < -0.39 is 0 Å². The normalized spacial score (nSPS) is 10.3. The molecular formula is C13H20N2O3. The Bertz CT molecular complexity index is 399. The number of rotatable bonds is 8. The highest BCUT2D eigenvalue weighted by Crippen LogP contribution is 2.05. The van der Waals surface area contributed by atoms with E-state index in [4.69, 9.17) is 4.74 Å². The number of hydrogen-bond acceptors (Lipinski definition) is 4. The summed E-state index contributed by atoms with van der Waals surface area (Å²) in [7, 11) is 0. The number of ether oxygens (including phenoxy) is 1. The number of ketones is 1. The van der Waals surface area contributed by atoms with E-state index >= 15 is 0 Å². The first kappa shape index (κ1) is 14.4. The van der Waals surface area contributed by atoms with Gasteiger partial charge in [0.05, 0.1) is 13.0 Å². The Balaban J connectivity index is 2.27. The molecule has 0 amide bonds. The molecule has 100 valence electrons. The van der Waals surface area contributed by atoms with E-state index in [0.29, 0.717) is 19.4 Å². The topological polar surface area (TPSA) is 61.2 Å². The van der Waals surface area contributed by atoms with Crippen LogP contribution in [0.2, 0.25) is 0 Å². The summed E-state index contributed by atoms with van der Waals surface area (Å²) < 4.78 is 6.78. The standard InChI is InChI=1S/C13H20N2O3/c1-3-15-10-9-14-12(15)7-5-11(16)6-8-13(17)18-4-2/h9-10H,3-8H2,1-2H3. The van der Waals surface area contributed by atoms with E-state index in [2.05, 4.69) is 4.98 Å². The molecule has 5 nitrogen and oxygen atoms in total. The fourth-order valence-electron chi connectivity index (χ4n) is 1.71. The average Bonchev–Trinajstić information content (AvgIpc) is 2.81. The molecule has 0 saturated carbocycles. The molecule has 0 bridgehead atoms. The van der Waals surface area contributed by atoms with Crippen molar-refractivity contribution in [2.75, 3.05) is 6.61 Å². The zero-order valence-electron chi connectivity index (χ0n) is 11.0. The number of esters is 1. The Morgan fingerprint density at radius 3 is 2.72 bits per heavy atom. The van der Waals surface area contributed by atoms with Gasteiger partial charge in [0, 0.05) is 38.2 Å². The molecule has 0 aliphatic rings. The number of aryl methyl sites for hydroxylation is 2. The molecule has 0 spiro atoms. The van der Waals surface area contributed by atoms with Crippen molar-refractivity contribution in [1.82, 2.24) is 9.55 Å². The van der Waals surface area contributed by atoms with Gasteiger partial charge in [0.25, 0.3) is 0 Å². The first-order valence-electron chi connectivity index (χ1n) is 6.34. The van der Waals surface area contributed by atoms with Crippen molar-refractivity contribution >= 4 is 11.8 Å². The highest BCUT2D eigenvalue weighted by molar-refractivity contribution is 5.82. The summed E-state index contributed by atoms with van der Waals surface area (Å²) in [5.41, 5.74) is 0. The summed E-state index contributed by atoms with van der Waals surface area (Å²) >= 11 is 0. The Labute approximate surface area is 107 Å². The monoisotopic (exact) mass is 252 g/mol. The molecule has 0 saturated heterocycles. The first-order chi connectivity index (χ1) is 8.67. The predicted molar refractivity (Wildman–Crippen MR) is 67.1 cm³/mol. The molecule has 1 heterocycles. The van der Waals surface area contributed by atoms with Gasteiger partial charge >= 0.3 is 5.97 Å². The van der Waals surface area contributed by atoms with E-state index in [0.717, 1.165) is 12.4 Å². The van der Waals surface area contributed by atoms with Crippen molar-refractivity contribution < 1.29 is 14.3 Å². The third kappa shape index (κ3) is 4.69. The van der Waals surface area contributed by atoms with Crippen LogP contribution in [0.1, 0.15) is 38.9 Å². The van der Waals surface area contributed by atoms with Crippen LogP contribution in [-0.2, 0) is 27.3 Å². The smallest absolute Gasteiger partial charge is 0.306 e. The van der Waals surface area contributed by atoms with Crippen molar-refractivity contribution in [1.29, 1.82) is 0 Å². The summed E-state index contributed by atoms with van der Waals surface area (Å²) in [5, 5.41) is 0. The largest absolute Gasteiger partial charge is 0.466 e. The first-order valence-corrected chi connectivity index (χ1v) is 6.34. The highest BCUT2D eigenvalue weighted by Gasteiger charge is 2.09. The maximum absolute atomic E-state index is 11.6. The number of carbonyl (C=O) groups is 2. The fraction of sp³-hybridized carbons (Fsp3) is 0.615. The summed E-state index contributed by atoms with van der Waals surface area (Å²) in [5.74, 6) is 0.691. The second kappa shape index (κ2) is 7.63. The van der Waals surface area contributed by atoms with Gasteiger partial charge in [0.1, 0.15) is 11.6 Å². The third-order valence-corrected chi connectivity index (χ3v) is 2.68. The van der Waals surface area contributed by atoms with E-state index in [-0.39, 0.29) is 24.6 Å². The van der Waals surface area contributed by atoms with Crippen LogP contribution in [0.5, 0.6) is 0 Å². The van der Waals surface area contributed by atoms with Crippen LogP contribution < -0.4 is 0 Å². The average molecular weight is 252 g/mol. The van der Waals surface area contributed by atoms with Gasteiger partial charge in [-0.15, -0.1) is 0 Å². The lowest BCUT2D eigenvalue weighted by molar-refractivity contribution is -0.144. The van der Waals surface area contributed by atoms with Gasteiger partial charge in [-0.2, -0.15) is 0 Å². The minimum absolute atomic E-state index is 0.0775. The summed E-state index contributed by atoms with van der Waals surface area (Å²) in [4.78, 5) is 26.9. The van der Waals surface area contributed by atoms with Gasteiger partial charge in [-0.25, -0.2) is 4.98 Å². The lowest BCUT2D eigenvalue weighted by Crippen LogP contribution is -2.09. The lowest BCUT2D eigenvalue weighted by atomic mass is 10.1. The van der Waals surface area contributed by atoms with Crippen LogP contribution in [0.25, 0.3) is 0 Å². The quantitative estimate of drug-likeness (QED) is 0.661. The molecule has 5 heteroatoms. The molecule has 0 atom stereocenters. The van der Waals surface area contributed by atoms with Gasteiger partial charge < -0.3 is 9.30 Å². The van der Waals surface area contributed by atoms with E-state index in [9.17, 15) is 9.59 Å². The van der Waals surface area contributed by atoms with Crippen molar-refractivity contribution in [3.8, 4) is 0 Å². The Hall–Kier alpha value is -1.65. The van der Waals surface area contributed by atoms with E-state index in [1.807, 2.05) is 17.7 Å². The molecule has 0 fully saturated rings. The van der Waals surface area contributed by atoms with Crippen molar-refractivity contribution in [2.45, 2.75) is 46.1 Å². The molecule has 0 aromatic carbocycles. The number of carbonyl (C=O) groups excluding carboxylic acids is 2. The number of imidazole rings is 1. The van der Waals surface area contributed by atoms with Gasteiger partial charge in [-0.3, -0.25) is 9.59 Å². The maximum Gasteiger partial charge on any atom is 0.306 e. The zero-order valence-corrected chi connectivity index (χ0v) is 11.0. The number of Topliss-reactive ketones (excluding diaryl/α,β-unsaturated/α-hetero) is 1. The molecule has 1 aromatic heterocycles. The minimum Gasteiger partial charge on any atom is -0.466 e. The molecule has 1 rings (SSSR count). The van der Waals surface area contributed by atoms with Gasteiger partial charge in [0.15, 0.2) is 0 Å². The van der Waals surface area contributed by atoms with E-state index in [1.165, 1.54) is 0 Å². The van der Waals surface area contributed by atoms with Crippen molar-refractivity contribution in [3.63, 3.8) is 0 Å². The second-order valence-electron chi connectivity index (χ2n) is 3.97.